The highest BCUT2D eigenvalue weighted by Gasteiger charge is 2.28. The molecule has 1 aliphatic heterocycles. The zero-order chi connectivity index (χ0) is 18.6. The second-order valence-corrected chi connectivity index (χ2v) is 6.62. The zero-order valence-electron chi connectivity index (χ0n) is 15.2. The third-order valence-electron chi connectivity index (χ3n) is 4.96. The van der Waals surface area contributed by atoms with Crippen LogP contribution in [-0.2, 0) is 0 Å². The van der Waals surface area contributed by atoms with Crippen LogP contribution < -0.4 is 4.90 Å². The van der Waals surface area contributed by atoms with E-state index in [0.29, 0.717) is 30.7 Å². The number of nitrogens with zero attached hydrogens (tertiary/aromatic N) is 5. The van der Waals surface area contributed by atoms with Crippen LogP contribution in [0.2, 0.25) is 0 Å². The summed E-state index contributed by atoms with van der Waals surface area (Å²) < 4.78 is 5.50. The molecular weight excluding hydrogens is 342 g/mol. The van der Waals surface area contributed by atoms with Gasteiger partial charge in [0.25, 0.3) is 5.91 Å². The van der Waals surface area contributed by atoms with Crippen molar-refractivity contribution in [3.05, 3.63) is 60.6 Å². The molecule has 1 aliphatic rings. The van der Waals surface area contributed by atoms with Crippen LogP contribution in [-0.4, -0.2) is 52.2 Å². The van der Waals surface area contributed by atoms with E-state index in [1.165, 1.54) is 6.26 Å². The van der Waals surface area contributed by atoms with Crippen molar-refractivity contribution in [1.82, 2.24) is 20.1 Å². The van der Waals surface area contributed by atoms with Gasteiger partial charge in [0, 0.05) is 37.9 Å². The normalized spacial score (nSPS) is 14.9. The third kappa shape index (κ3) is 3.67. The Morgan fingerprint density at radius 2 is 1.93 bits per heavy atom. The maximum atomic E-state index is 12.8. The smallest absolute Gasteiger partial charge is 0.275 e. The number of likely N-dealkylation sites (tertiary alicyclic amines) is 1. The molecule has 3 aromatic rings. The number of benzene rings is 1. The molecule has 0 unspecified atom stereocenters. The molecule has 1 amide bonds. The van der Waals surface area contributed by atoms with Gasteiger partial charge in [0.2, 0.25) is 5.89 Å². The molecule has 3 heterocycles. The number of anilines is 1. The molecular formula is C20H21N5O2. The highest BCUT2D eigenvalue weighted by molar-refractivity contribution is 5.92. The van der Waals surface area contributed by atoms with E-state index in [2.05, 4.69) is 20.1 Å². The number of piperidine rings is 1. The van der Waals surface area contributed by atoms with E-state index in [-0.39, 0.29) is 5.91 Å². The molecule has 1 fully saturated rings. The Kier molecular flexibility index (Phi) is 4.82. The van der Waals surface area contributed by atoms with Gasteiger partial charge in [-0.3, -0.25) is 4.79 Å². The first-order valence-corrected chi connectivity index (χ1v) is 9.03. The molecule has 27 heavy (non-hydrogen) atoms. The van der Waals surface area contributed by atoms with Gasteiger partial charge in [-0.15, -0.1) is 5.10 Å². The fraction of sp³-hybridized carbons (Fsp3) is 0.300. The lowest BCUT2D eigenvalue weighted by molar-refractivity contribution is 0.0707. The molecule has 7 nitrogen and oxygen atoms in total. The Morgan fingerprint density at radius 1 is 1.15 bits per heavy atom. The number of amides is 1. The van der Waals surface area contributed by atoms with E-state index >= 15 is 0 Å². The van der Waals surface area contributed by atoms with Crippen LogP contribution in [0, 0.1) is 0 Å². The zero-order valence-corrected chi connectivity index (χ0v) is 15.2. The number of oxazole rings is 1. The molecule has 0 atom stereocenters. The van der Waals surface area contributed by atoms with Gasteiger partial charge in [-0.1, -0.05) is 18.2 Å². The molecule has 4 rings (SSSR count). The largest absolute Gasteiger partial charge is 0.444 e. The molecule has 0 saturated carbocycles. The fourth-order valence-electron chi connectivity index (χ4n) is 3.37. The van der Waals surface area contributed by atoms with E-state index in [4.69, 9.17) is 4.42 Å². The monoisotopic (exact) mass is 363 g/mol. The van der Waals surface area contributed by atoms with Crippen LogP contribution in [0.1, 0.15) is 23.3 Å². The molecule has 138 valence electrons. The van der Waals surface area contributed by atoms with Crippen molar-refractivity contribution in [1.29, 1.82) is 0 Å². The Labute approximate surface area is 157 Å². The molecule has 0 radical (unpaired) electrons. The van der Waals surface area contributed by atoms with E-state index in [9.17, 15) is 4.79 Å². The van der Waals surface area contributed by atoms with E-state index < -0.39 is 0 Å². The fourth-order valence-corrected chi connectivity index (χ4v) is 3.37. The van der Waals surface area contributed by atoms with Crippen molar-refractivity contribution in [2.24, 2.45) is 0 Å². The van der Waals surface area contributed by atoms with Gasteiger partial charge >= 0.3 is 0 Å². The summed E-state index contributed by atoms with van der Waals surface area (Å²) >= 11 is 0. The number of carbonyl (C=O) groups excluding carboxylic acids is 1. The van der Waals surface area contributed by atoms with Crippen molar-refractivity contribution in [3.8, 4) is 11.5 Å². The van der Waals surface area contributed by atoms with Crippen LogP contribution in [0.15, 0.2) is 59.3 Å². The average Bonchev–Trinajstić information content (AvgIpc) is 3.24. The summed E-state index contributed by atoms with van der Waals surface area (Å²) in [6, 6.07) is 13.8. The Balaban J connectivity index is 1.38. The minimum atomic E-state index is -0.0819. The van der Waals surface area contributed by atoms with Gasteiger partial charge in [-0.2, -0.15) is 5.10 Å². The van der Waals surface area contributed by atoms with Crippen LogP contribution in [0.5, 0.6) is 0 Å². The summed E-state index contributed by atoms with van der Waals surface area (Å²) in [6.45, 7) is 1.36. The summed E-state index contributed by atoms with van der Waals surface area (Å²) in [7, 11) is 2.02. The van der Waals surface area contributed by atoms with Gasteiger partial charge in [-0.25, -0.2) is 4.98 Å². The lowest BCUT2D eigenvalue weighted by Gasteiger charge is -2.36. The van der Waals surface area contributed by atoms with E-state index in [1.807, 2.05) is 54.4 Å². The Hall–Kier alpha value is -3.22. The number of rotatable bonds is 4. The van der Waals surface area contributed by atoms with Crippen molar-refractivity contribution in [2.45, 2.75) is 18.9 Å². The molecule has 1 aromatic carbocycles. The molecule has 2 aromatic heterocycles. The lowest BCUT2D eigenvalue weighted by Crippen LogP contribution is -2.46. The minimum Gasteiger partial charge on any atom is -0.444 e. The number of hydrogen-bond acceptors (Lipinski definition) is 6. The first-order chi connectivity index (χ1) is 13.2. The quantitative estimate of drug-likeness (QED) is 0.709. The standard InChI is InChI=1S/C20H21N5O2/c1-24(18-8-5-11-21-23-18)16-9-12-25(13-10-16)20(26)17-14-27-19(22-17)15-6-3-2-4-7-15/h2-8,11,14,16H,9-10,12-13H2,1H3. The van der Waals surface area contributed by atoms with Crippen molar-refractivity contribution < 1.29 is 9.21 Å². The molecule has 7 heteroatoms. The summed E-state index contributed by atoms with van der Waals surface area (Å²) in [5, 5.41) is 8.10. The highest BCUT2D eigenvalue weighted by atomic mass is 16.3. The number of carbonyl (C=O) groups is 1. The van der Waals surface area contributed by atoms with Crippen molar-refractivity contribution in [3.63, 3.8) is 0 Å². The second-order valence-electron chi connectivity index (χ2n) is 6.62. The molecule has 1 saturated heterocycles. The molecule has 0 bridgehead atoms. The van der Waals surface area contributed by atoms with Gasteiger partial charge in [0.05, 0.1) is 0 Å². The highest BCUT2D eigenvalue weighted by Crippen LogP contribution is 2.22. The van der Waals surface area contributed by atoms with Crippen molar-refractivity contribution >= 4 is 11.7 Å². The summed E-state index contributed by atoms with van der Waals surface area (Å²) in [6.07, 6.45) is 4.87. The summed E-state index contributed by atoms with van der Waals surface area (Å²) in [4.78, 5) is 21.1. The maximum Gasteiger partial charge on any atom is 0.275 e. The number of aromatic nitrogens is 3. The van der Waals surface area contributed by atoms with Crippen LogP contribution >= 0.6 is 0 Å². The van der Waals surface area contributed by atoms with Gasteiger partial charge < -0.3 is 14.2 Å². The SMILES string of the molecule is CN(c1cccnn1)C1CCN(C(=O)c2coc(-c3ccccc3)n2)CC1. The maximum absolute atomic E-state index is 12.8. The summed E-state index contributed by atoms with van der Waals surface area (Å²) in [5.41, 5.74) is 1.22. The summed E-state index contributed by atoms with van der Waals surface area (Å²) in [5.74, 6) is 1.24. The minimum absolute atomic E-state index is 0.0819. The van der Waals surface area contributed by atoms with Crippen LogP contribution in [0.3, 0.4) is 0 Å². The topological polar surface area (TPSA) is 75.4 Å². The van der Waals surface area contributed by atoms with Crippen molar-refractivity contribution in [2.75, 3.05) is 25.0 Å². The number of hydrogen-bond donors (Lipinski definition) is 0. The molecule has 0 spiro atoms. The van der Waals surface area contributed by atoms with E-state index in [1.54, 1.807) is 6.20 Å². The predicted molar refractivity (Wildman–Crippen MR) is 101 cm³/mol. The van der Waals surface area contributed by atoms with Crippen LogP contribution in [0.4, 0.5) is 5.82 Å². The van der Waals surface area contributed by atoms with E-state index in [0.717, 1.165) is 24.2 Å². The third-order valence-corrected chi connectivity index (χ3v) is 4.96. The van der Waals surface area contributed by atoms with Gasteiger partial charge in [0.1, 0.15) is 6.26 Å². The Bertz CT molecular complexity index is 889. The first kappa shape index (κ1) is 17.2. The molecule has 0 N–H and O–H groups in total. The first-order valence-electron chi connectivity index (χ1n) is 9.03. The Morgan fingerprint density at radius 3 is 2.63 bits per heavy atom. The second kappa shape index (κ2) is 7.57. The van der Waals surface area contributed by atoms with Crippen LogP contribution in [0.25, 0.3) is 11.5 Å². The van der Waals surface area contributed by atoms with Gasteiger partial charge in [0.15, 0.2) is 11.5 Å². The molecule has 0 aliphatic carbocycles. The van der Waals surface area contributed by atoms with Gasteiger partial charge in [-0.05, 0) is 37.1 Å². The average molecular weight is 363 g/mol. The lowest BCUT2D eigenvalue weighted by atomic mass is 10.0. The predicted octanol–water partition coefficient (Wildman–Crippen LogP) is 2.87.